The minimum absolute atomic E-state index is 0.148. The Morgan fingerprint density at radius 1 is 1.55 bits per heavy atom. The number of aromatic nitrogens is 2. The molecule has 0 radical (unpaired) electrons. The van der Waals surface area contributed by atoms with E-state index in [-0.39, 0.29) is 6.61 Å². The monoisotopic (exact) mass is 280 g/mol. The zero-order valence-electron chi connectivity index (χ0n) is 12.7. The van der Waals surface area contributed by atoms with Crippen molar-refractivity contribution < 1.29 is 5.11 Å². The first-order valence-corrected chi connectivity index (χ1v) is 7.76. The van der Waals surface area contributed by atoms with Gasteiger partial charge in [-0.15, -0.1) is 0 Å². The third kappa shape index (κ3) is 3.40. The number of fused-ring (bicyclic) bond motifs is 1. The Kier molecular flexibility index (Phi) is 5.57. The van der Waals surface area contributed by atoms with E-state index < -0.39 is 0 Å². The van der Waals surface area contributed by atoms with Crippen molar-refractivity contribution in [3.63, 3.8) is 0 Å². The Morgan fingerprint density at radius 3 is 3.00 bits per heavy atom. The van der Waals surface area contributed by atoms with Crippen molar-refractivity contribution in [3.8, 4) is 0 Å². The first-order valence-electron chi connectivity index (χ1n) is 7.76. The molecular weight excluding hydrogens is 252 g/mol. The molecule has 5 heteroatoms. The molecule has 1 aliphatic carbocycles. The number of nitrogens with zero attached hydrogens (tertiary/aromatic N) is 2. The first kappa shape index (κ1) is 15.5. The van der Waals surface area contributed by atoms with E-state index in [2.05, 4.69) is 24.3 Å². The van der Waals surface area contributed by atoms with Crippen LogP contribution in [0.1, 0.15) is 44.0 Å². The molecule has 0 fully saturated rings. The topological polar surface area (TPSA) is 76.1 Å². The molecule has 1 heterocycles. The second-order valence-electron chi connectivity index (χ2n) is 6.09. The molecular formula is C15H28N4O. The van der Waals surface area contributed by atoms with Crippen LogP contribution >= 0.6 is 0 Å². The predicted octanol–water partition coefficient (Wildman–Crippen LogP) is 1.07. The number of aliphatic hydroxyl groups is 1. The van der Waals surface area contributed by atoms with Crippen LogP contribution in [0.2, 0.25) is 0 Å². The zero-order valence-corrected chi connectivity index (χ0v) is 12.7. The summed E-state index contributed by atoms with van der Waals surface area (Å²) in [6.07, 6.45) is 5.37. The normalized spacial score (nSPS) is 20.1. The molecule has 1 aliphatic rings. The van der Waals surface area contributed by atoms with Crippen LogP contribution in [-0.2, 0) is 13.0 Å². The molecule has 1 aromatic rings. The van der Waals surface area contributed by atoms with Gasteiger partial charge in [-0.1, -0.05) is 13.8 Å². The van der Waals surface area contributed by atoms with Gasteiger partial charge in [0.2, 0.25) is 0 Å². The van der Waals surface area contributed by atoms with Gasteiger partial charge in [-0.25, -0.2) is 0 Å². The molecule has 2 rings (SSSR count). The third-order valence-electron chi connectivity index (χ3n) is 4.45. The van der Waals surface area contributed by atoms with E-state index in [1.165, 1.54) is 17.7 Å². The van der Waals surface area contributed by atoms with Gasteiger partial charge in [0, 0.05) is 17.3 Å². The summed E-state index contributed by atoms with van der Waals surface area (Å²) in [6, 6.07) is 0.388. The Morgan fingerprint density at radius 2 is 2.35 bits per heavy atom. The predicted molar refractivity (Wildman–Crippen MR) is 80.4 cm³/mol. The molecule has 114 valence electrons. The highest BCUT2D eigenvalue weighted by Crippen LogP contribution is 2.29. The Hall–Kier alpha value is -0.910. The van der Waals surface area contributed by atoms with E-state index in [1.807, 2.05) is 10.9 Å². The summed E-state index contributed by atoms with van der Waals surface area (Å²) in [4.78, 5) is 0. The molecule has 1 aromatic heterocycles. The Bertz CT molecular complexity index is 416. The first-order chi connectivity index (χ1) is 9.67. The summed E-state index contributed by atoms with van der Waals surface area (Å²) >= 11 is 0. The van der Waals surface area contributed by atoms with E-state index in [0.29, 0.717) is 24.4 Å². The van der Waals surface area contributed by atoms with Crippen LogP contribution in [0.25, 0.3) is 0 Å². The fraction of sp³-hybridized carbons (Fsp3) is 0.800. The highest BCUT2D eigenvalue weighted by molar-refractivity contribution is 5.24. The average Bonchev–Trinajstić information content (AvgIpc) is 2.84. The van der Waals surface area contributed by atoms with Crippen molar-refractivity contribution in [2.24, 2.45) is 17.6 Å². The van der Waals surface area contributed by atoms with Gasteiger partial charge in [-0.3, -0.25) is 4.68 Å². The molecule has 2 unspecified atom stereocenters. The van der Waals surface area contributed by atoms with Crippen molar-refractivity contribution in [1.29, 1.82) is 0 Å². The molecule has 5 nitrogen and oxygen atoms in total. The minimum Gasteiger partial charge on any atom is -0.394 e. The standard InChI is InChI=1S/C15H28N4O/c1-11(2)12(8-16)9-17-14-4-3-5-15-13(14)10-18-19(15)6-7-20/h10-12,14,17,20H,3-9,16H2,1-2H3. The number of aliphatic hydroxyl groups excluding tert-OH is 1. The lowest BCUT2D eigenvalue weighted by molar-refractivity contribution is 0.266. The lowest BCUT2D eigenvalue weighted by atomic mass is 9.91. The van der Waals surface area contributed by atoms with Gasteiger partial charge in [0.05, 0.1) is 19.3 Å². The van der Waals surface area contributed by atoms with Gasteiger partial charge in [0.15, 0.2) is 0 Å². The second-order valence-corrected chi connectivity index (χ2v) is 6.09. The van der Waals surface area contributed by atoms with Gasteiger partial charge in [0.25, 0.3) is 0 Å². The quantitative estimate of drug-likeness (QED) is 0.698. The largest absolute Gasteiger partial charge is 0.394 e. The lowest BCUT2D eigenvalue weighted by Crippen LogP contribution is -2.35. The van der Waals surface area contributed by atoms with Crippen LogP contribution in [0.4, 0.5) is 0 Å². The number of nitrogens with two attached hydrogens (primary N) is 1. The average molecular weight is 280 g/mol. The van der Waals surface area contributed by atoms with Crippen LogP contribution in [0, 0.1) is 11.8 Å². The van der Waals surface area contributed by atoms with Crippen molar-refractivity contribution >= 4 is 0 Å². The van der Waals surface area contributed by atoms with Crippen LogP contribution in [-0.4, -0.2) is 34.6 Å². The molecule has 20 heavy (non-hydrogen) atoms. The molecule has 0 bridgehead atoms. The summed E-state index contributed by atoms with van der Waals surface area (Å²) in [5, 5.41) is 17.2. The van der Waals surface area contributed by atoms with Crippen LogP contribution in [0.3, 0.4) is 0 Å². The Balaban J connectivity index is 2.01. The zero-order chi connectivity index (χ0) is 14.5. The van der Waals surface area contributed by atoms with Gasteiger partial charge < -0.3 is 16.2 Å². The molecule has 0 amide bonds. The minimum atomic E-state index is 0.148. The summed E-state index contributed by atoms with van der Waals surface area (Å²) in [6.45, 7) is 6.89. The molecule has 4 N–H and O–H groups in total. The van der Waals surface area contributed by atoms with E-state index in [1.54, 1.807) is 0 Å². The highest BCUT2D eigenvalue weighted by atomic mass is 16.3. The van der Waals surface area contributed by atoms with E-state index in [4.69, 9.17) is 10.8 Å². The maximum absolute atomic E-state index is 9.08. The third-order valence-corrected chi connectivity index (χ3v) is 4.45. The fourth-order valence-corrected chi connectivity index (χ4v) is 3.00. The molecule has 0 spiro atoms. The molecule has 0 saturated heterocycles. The van der Waals surface area contributed by atoms with E-state index >= 15 is 0 Å². The summed E-state index contributed by atoms with van der Waals surface area (Å²) < 4.78 is 1.95. The number of rotatable bonds is 7. The SMILES string of the molecule is CC(C)C(CN)CNC1CCCc2c1cnn2CCO. The van der Waals surface area contributed by atoms with Gasteiger partial charge in [0.1, 0.15) is 0 Å². The molecule has 0 aromatic carbocycles. The number of hydrogen-bond donors (Lipinski definition) is 3. The van der Waals surface area contributed by atoms with Crippen molar-refractivity contribution in [2.45, 2.75) is 45.7 Å². The van der Waals surface area contributed by atoms with Gasteiger partial charge >= 0.3 is 0 Å². The maximum atomic E-state index is 9.08. The summed E-state index contributed by atoms with van der Waals surface area (Å²) in [5.41, 5.74) is 8.44. The van der Waals surface area contributed by atoms with E-state index in [9.17, 15) is 0 Å². The van der Waals surface area contributed by atoms with Crippen LogP contribution in [0.5, 0.6) is 0 Å². The Labute approximate surface area is 121 Å². The second kappa shape index (κ2) is 7.20. The smallest absolute Gasteiger partial charge is 0.0644 e. The summed E-state index contributed by atoms with van der Waals surface area (Å²) in [7, 11) is 0. The number of nitrogens with one attached hydrogen (secondary N) is 1. The molecule has 2 atom stereocenters. The molecule has 0 aliphatic heterocycles. The summed E-state index contributed by atoms with van der Waals surface area (Å²) in [5.74, 6) is 1.13. The number of hydrogen-bond acceptors (Lipinski definition) is 4. The van der Waals surface area contributed by atoms with Crippen molar-refractivity contribution in [2.75, 3.05) is 19.7 Å². The van der Waals surface area contributed by atoms with Crippen LogP contribution < -0.4 is 11.1 Å². The fourth-order valence-electron chi connectivity index (χ4n) is 3.00. The van der Waals surface area contributed by atoms with Gasteiger partial charge in [-0.2, -0.15) is 5.10 Å². The van der Waals surface area contributed by atoms with E-state index in [0.717, 1.165) is 25.9 Å². The highest BCUT2D eigenvalue weighted by Gasteiger charge is 2.24. The van der Waals surface area contributed by atoms with Gasteiger partial charge in [-0.05, 0) is 44.2 Å². The van der Waals surface area contributed by atoms with Crippen LogP contribution in [0.15, 0.2) is 6.20 Å². The van der Waals surface area contributed by atoms with Crippen molar-refractivity contribution in [1.82, 2.24) is 15.1 Å². The van der Waals surface area contributed by atoms with Crippen molar-refractivity contribution in [3.05, 3.63) is 17.5 Å². The molecule has 0 saturated carbocycles. The lowest BCUT2D eigenvalue weighted by Gasteiger charge is -2.27. The maximum Gasteiger partial charge on any atom is 0.0644 e.